The van der Waals surface area contributed by atoms with E-state index < -0.39 is 0 Å². The fourth-order valence-electron chi connectivity index (χ4n) is 5.28. The van der Waals surface area contributed by atoms with Gasteiger partial charge in [0.25, 0.3) is 5.69 Å². The van der Waals surface area contributed by atoms with E-state index in [1.165, 1.54) is 0 Å². The van der Waals surface area contributed by atoms with E-state index >= 15 is 0 Å². The lowest BCUT2D eigenvalue weighted by Gasteiger charge is -2.39. The van der Waals surface area contributed by atoms with Gasteiger partial charge in [-0.3, -0.25) is 14.9 Å². The van der Waals surface area contributed by atoms with Crippen molar-refractivity contribution in [3.8, 4) is 0 Å². The molecule has 1 aliphatic heterocycles. The van der Waals surface area contributed by atoms with Gasteiger partial charge in [0.05, 0.1) is 4.92 Å². The summed E-state index contributed by atoms with van der Waals surface area (Å²) in [6, 6.07) is 13.5. The van der Waals surface area contributed by atoms with Crippen LogP contribution in [-0.4, -0.2) is 36.5 Å². The first-order chi connectivity index (χ1) is 16.7. The number of piperidine rings is 1. The van der Waals surface area contributed by atoms with Gasteiger partial charge >= 0.3 is 0 Å². The number of halogens is 1. The fourth-order valence-corrected chi connectivity index (χ4v) is 5.41. The molecule has 1 amide bonds. The third kappa shape index (κ3) is 6.26. The quantitative estimate of drug-likeness (QED) is 0.364. The summed E-state index contributed by atoms with van der Waals surface area (Å²) in [4.78, 5) is 26.1. The lowest BCUT2D eigenvalue weighted by molar-refractivity contribution is -0.385. The molecule has 1 heterocycles. The second-order valence-electron chi connectivity index (χ2n) is 10.4. The number of hydrogen-bond acceptors (Lipinski definition) is 5. The summed E-state index contributed by atoms with van der Waals surface area (Å²) in [6.45, 7) is 6.33. The molecule has 1 saturated heterocycles. The monoisotopic (exact) mass is 498 g/mol. The molecule has 0 spiro atoms. The molecule has 0 aromatic heterocycles. The van der Waals surface area contributed by atoms with Crippen LogP contribution in [0.15, 0.2) is 42.5 Å². The smallest absolute Gasteiger partial charge is 0.272 e. The molecule has 2 fully saturated rings. The van der Waals surface area contributed by atoms with Crippen LogP contribution in [0.4, 0.5) is 17.1 Å². The lowest BCUT2D eigenvalue weighted by atomic mass is 9.79. The number of carbonyl (C=O) groups is 1. The minimum Gasteiger partial charge on any atom is -0.382 e. The molecule has 2 aromatic carbocycles. The number of benzene rings is 2. The number of nitrogens with zero attached hydrogens (tertiary/aromatic N) is 2. The van der Waals surface area contributed by atoms with Crippen molar-refractivity contribution in [3.05, 3.63) is 63.2 Å². The number of nitro benzene ring substituents is 1. The normalized spacial score (nSPS) is 21.9. The molecule has 1 aliphatic carbocycles. The third-order valence-corrected chi connectivity index (χ3v) is 8.02. The van der Waals surface area contributed by atoms with Gasteiger partial charge in [-0.2, -0.15) is 0 Å². The van der Waals surface area contributed by atoms with Gasteiger partial charge in [-0.25, -0.2) is 0 Å². The number of nitrogens with one attached hydrogen (secondary N) is 2. The highest BCUT2D eigenvalue weighted by molar-refractivity contribution is 6.30. The standard InChI is InChI=1S/C27H35ClN4O3/c1-19-17-23(9-12-25(19)32(34)35)30-22-7-3-20(4-8-22)18-29-26(33)27(2)13-15-31(16-14-27)24-10-5-21(28)6-11-24/h5-6,9-12,17,20,22,30H,3-4,7-8,13-16,18H2,1-2H3,(H,29,33). The van der Waals surface area contributed by atoms with Crippen LogP contribution < -0.4 is 15.5 Å². The van der Waals surface area contributed by atoms with Crippen LogP contribution in [0.3, 0.4) is 0 Å². The fraction of sp³-hybridized carbons (Fsp3) is 0.519. The van der Waals surface area contributed by atoms with Crippen LogP contribution in [0, 0.1) is 28.4 Å². The Bertz CT molecular complexity index is 1040. The van der Waals surface area contributed by atoms with Crippen molar-refractivity contribution >= 4 is 34.6 Å². The van der Waals surface area contributed by atoms with E-state index in [0.29, 0.717) is 17.5 Å². The first kappa shape index (κ1) is 25.3. The number of amides is 1. The van der Waals surface area contributed by atoms with Gasteiger partial charge in [-0.1, -0.05) is 18.5 Å². The Hall–Kier alpha value is -2.80. The van der Waals surface area contributed by atoms with Crippen molar-refractivity contribution in [3.63, 3.8) is 0 Å². The summed E-state index contributed by atoms with van der Waals surface area (Å²) in [6.07, 6.45) is 5.86. The third-order valence-electron chi connectivity index (χ3n) is 7.77. The van der Waals surface area contributed by atoms with Crippen molar-refractivity contribution in [1.29, 1.82) is 0 Å². The largest absolute Gasteiger partial charge is 0.382 e. The van der Waals surface area contributed by atoms with E-state index in [1.54, 1.807) is 19.1 Å². The highest BCUT2D eigenvalue weighted by atomic mass is 35.5. The second-order valence-corrected chi connectivity index (χ2v) is 10.8. The lowest BCUT2D eigenvalue weighted by Crippen LogP contribution is -2.48. The zero-order chi connectivity index (χ0) is 25.0. The zero-order valence-corrected chi connectivity index (χ0v) is 21.3. The van der Waals surface area contributed by atoms with Crippen molar-refractivity contribution < 1.29 is 9.72 Å². The van der Waals surface area contributed by atoms with Gasteiger partial charge in [0, 0.05) is 59.1 Å². The molecular weight excluding hydrogens is 464 g/mol. The van der Waals surface area contributed by atoms with Gasteiger partial charge in [0.1, 0.15) is 0 Å². The van der Waals surface area contributed by atoms with Crippen molar-refractivity contribution in [2.75, 3.05) is 29.9 Å². The summed E-state index contributed by atoms with van der Waals surface area (Å²) in [5.74, 6) is 0.670. The predicted octanol–water partition coefficient (Wildman–Crippen LogP) is 5.95. The van der Waals surface area contributed by atoms with Crippen LogP contribution in [0.1, 0.15) is 51.0 Å². The molecule has 0 bridgehead atoms. The Morgan fingerprint density at radius 2 is 1.77 bits per heavy atom. The van der Waals surface area contributed by atoms with Crippen LogP contribution in [0.25, 0.3) is 0 Å². The van der Waals surface area contributed by atoms with Crippen LogP contribution in [-0.2, 0) is 4.79 Å². The molecule has 2 aliphatic rings. The minimum atomic E-state index is -0.345. The number of carbonyl (C=O) groups excluding carboxylic acids is 1. The van der Waals surface area contributed by atoms with Gasteiger partial charge in [0.2, 0.25) is 5.91 Å². The summed E-state index contributed by atoms with van der Waals surface area (Å²) < 4.78 is 0. The Labute approximate surface area is 212 Å². The van der Waals surface area contributed by atoms with Crippen molar-refractivity contribution in [1.82, 2.24) is 5.32 Å². The van der Waals surface area contributed by atoms with E-state index in [2.05, 4.69) is 22.5 Å². The van der Waals surface area contributed by atoms with Crippen molar-refractivity contribution in [2.45, 2.75) is 58.4 Å². The molecule has 4 rings (SSSR count). The molecule has 8 heteroatoms. The maximum atomic E-state index is 13.1. The SMILES string of the molecule is Cc1cc(NC2CCC(CNC(=O)C3(C)CCN(c4ccc(Cl)cc4)CC3)CC2)ccc1[N+](=O)[O-]. The van der Waals surface area contributed by atoms with Gasteiger partial charge in [0.15, 0.2) is 0 Å². The molecular formula is C27H35ClN4O3. The van der Waals surface area contributed by atoms with Gasteiger partial charge < -0.3 is 15.5 Å². The number of rotatable bonds is 7. The topological polar surface area (TPSA) is 87.5 Å². The molecule has 1 saturated carbocycles. The minimum absolute atomic E-state index is 0.152. The van der Waals surface area contributed by atoms with E-state index in [1.807, 2.05) is 30.3 Å². The molecule has 0 radical (unpaired) electrons. The van der Waals surface area contributed by atoms with Crippen LogP contribution >= 0.6 is 11.6 Å². The number of nitro groups is 1. The molecule has 35 heavy (non-hydrogen) atoms. The predicted molar refractivity (Wildman–Crippen MR) is 141 cm³/mol. The first-order valence-electron chi connectivity index (χ1n) is 12.5. The molecule has 188 valence electrons. The highest BCUT2D eigenvalue weighted by Crippen LogP contribution is 2.34. The van der Waals surface area contributed by atoms with E-state index in [9.17, 15) is 14.9 Å². The van der Waals surface area contributed by atoms with Gasteiger partial charge in [-0.05, 0) is 87.8 Å². The maximum Gasteiger partial charge on any atom is 0.272 e. The Morgan fingerprint density at radius 1 is 1.11 bits per heavy atom. The summed E-state index contributed by atoms with van der Waals surface area (Å²) in [7, 11) is 0. The van der Waals surface area contributed by atoms with E-state index in [-0.39, 0.29) is 21.9 Å². The highest BCUT2D eigenvalue weighted by Gasteiger charge is 2.37. The van der Waals surface area contributed by atoms with Crippen LogP contribution in [0.5, 0.6) is 0 Å². The zero-order valence-electron chi connectivity index (χ0n) is 20.6. The number of aryl methyl sites for hydroxylation is 1. The van der Waals surface area contributed by atoms with E-state index in [4.69, 9.17) is 11.6 Å². The van der Waals surface area contributed by atoms with Crippen molar-refractivity contribution in [2.24, 2.45) is 11.3 Å². The number of anilines is 2. The Balaban J connectivity index is 1.19. The first-order valence-corrected chi connectivity index (χ1v) is 12.9. The molecule has 0 unspecified atom stereocenters. The van der Waals surface area contributed by atoms with Gasteiger partial charge in [-0.15, -0.1) is 0 Å². The van der Waals surface area contributed by atoms with Crippen LogP contribution in [0.2, 0.25) is 5.02 Å². The molecule has 2 N–H and O–H groups in total. The number of hydrogen-bond donors (Lipinski definition) is 2. The average molecular weight is 499 g/mol. The average Bonchev–Trinajstić information content (AvgIpc) is 2.84. The Morgan fingerprint density at radius 3 is 2.37 bits per heavy atom. The maximum absolute atomic E-state index is 13.1. The summed E-state index contributed by atoms with van der Waals surface area (Å²) >= 11 is 6.01. The molecule has 2 aromatic rings. The van der Waals surface area contributed by atoms with E-state index in [0.717, 1.165) is 74.6 Å². The summed E-state index contributed by atoms with van der Waals surface area (Å²) in [5, 5.41) is 18.5. The molecule has 0 atom stereocenters. The molecule has 7 nitrogen and oxygen atoms in total. The summed E-state index contributed by atoms with van der Waals surface area (Å²) in [5.41, 5.74) is 2.59. The Kier molecular flexibility index (Phi) is 7.85. The second kappa shape index (κ2) is 10.9.